The molecule has 1 aromatic rings. The van der Waals surface area contributed by atoms with Gasteiger partial charge in [0.2, 0.25) is 0 Å². The molecule has 1 aromatic carbocycles. The normalized spacial score (nSPS) is 10.9. The van der Waals surface area contributed by atoms with Gasteiger partial charge in [0, 0.05) is 5.56 Å². The number of aryl methyl sites for hydroxylation is 1. The van der Waals surface area contributed by atoms with Crippen LogP contribution in [0.3, 0.4) is 0 Å². The van der Waals surface area contributed by atoms with Gasteiger partial charge in [-0.3, -0.25) is 0 Å². The molecule has 0 saturated heterocycles. The summed E-state index contributed by atoms with van der Waals surface area (Å²) in [6.45, 7) is 11.6. The highest BCUT2D eigenvalue weighted by atomic mass is 16.3. The van der Waals surface area contributed by atoms with Crippen LogP contribution in [0.1, 0.15) is 37.5 Å². The maximum absolute atomic E-state index is 10.00. The molecule has 0 aliphatic rings. The zero-order valence-electron chi connectivity index (χ0n) is 10.3. The van der Waals surface area contributed by atoms with Gasteiger partial charge in [0.25, 0.3) is 0 Å². The van der Waals surface area contributed by atoms with Crippen molar-refractivity contribution in [1.29, 1.82) is 5.26 Å². The SMILES string of the molecule is C=C(C#N)c1cc(C)c(O)c(C(C)(C)C)c1. The topological polar surface area (TPSA) is 44.0 Å². The molecular weight excluding hydrogens is 198 g/mol. The zero-order chi connectivity index (χ0) is 12.5. The van der Waals surface area contributed by atoms with Crippen molar-refractivity contribution in [2.75, 3.05) is 0 Å². The van der Waals surface area contributed by atoms with Gasteiger partial charge in [0.1, 0.15) is 5.75 Å². The number of rotatable bonds is 1. The van der Waals surface area contributed by atoms with Crippen LogP contribution in [-0.2, 0) is 5.41 Å². The minimum Gasteiger partial charge on any atom is -0.507 e. The van der Waals surface area contributed by atoms with E-state index >= 15 is 0 Å². The fraction of sp³-hybridized carbons (Fsp3) is 0.357. The number of aromatic hydroxyl groups is 1. The molecule has 0 aliphatic heterocycles. The van der Waals surface area contributed by atoms with Gasteiger partial charge in [-0.1, -0.05) is 27.4 Å². The lowest BCUT2D eigenvalue weighted by molar-refractivity contribution is 0.443. The third-order valence-corrected chi connectivity index (χ3v) is 2.59. The average Bonchev–Trinajstić information content (AvgIpc) is 2.18. The Morgan fingerprint density at radius 1 is 1.38 bits per heavy atom. The van der Waals surface area contributed by atoms with Crippen molar-refractivity contribution < 1.29 is 5.11 Å². The van der Waals surface area contributed by atoms with Crippen LogP contribution in [0, 0.1) is 18.3 Å². The first-order valence-corrected chi connectivity index (χ1v) is 5.21. The van der Waals surface area contributed by atoms with Gasteiger partial charge < -0.3 is 5.11 Å². The Morgan fingerprint density at radius 2 is 1.94 bits per heavy atom. The molecule has 16 heavy (non-hydrogen) atoms. The van der Waals surface area contributed by atoms with Crippen molar-refractivity contribution in [3.8, 4) is 11.8 Å². The molecule has 0 fully saturated rings. The molecule has 0 spiro atoms. The van der Waals surface area contributed by atoms with Gasteiger partial charge in [-0.25, -0.2) is 0 Å². The van der Waals surface area contributed by atoms with Crippen molar-refractivity contribution in [2.24, 2.45) is 0 Å². The summed E-state index contributed by atoms with van der Waals surface area (Å²) in [5.41, 5.74) is 2.68. The van der Waals surface area contributed by atoms with E-state index in [-0.39, 0.29) is 5.41 Å². The van der Waals surface area contributed by atoms with E-state index in [9.17, 15) is 5.11 Å². The lowest BCUT2D eigenvalue weighted by Gasteiger charge is -2.22. The first-order chi connectivity index (χ1) is 7.27. The van der Waals surface area contributed by atoms with Crippen LogP contribution in [0.4, 0.5) is 0 Å². The van der Waals surface area contributed by atoms with Crippen LogP contribution >= 0.6 is 0 Å². The fourth-order valence-electron chi connectivity index (χ4n) is 1.59. The molecule has 1 N–H and O–H groups in total. The smallest absolute Gasteiger partial charge is 0.122 e. The Balaban J connectivity index is 3.47. The van der Waals surface area contributed by atoms with Gasteiger partial charge in [-0.05, 0) is 35.6 Å². The van der Waals surface area contributed by atoms with Crippen LogP contribution in [0.2, 0.25) is 0 Å². The molecule has 0 amide bonds. The lowest BCUT2D eigenvalue weighted by Crippen LogP contribution is -2.12. The standard InChI is InChI=1S/C14H17NO/c1-9-6-11(10(2)8-15)7-12(13(9)16)14(3,4)5/h6-7,16H,2H2,1,3-5H3. The molecule has 0 aromatic heterocycles. The first-order valence-electron chi connectivity index (χ1n) is 5.21. The predicted molar refractivity (Wildman–Crippen MR) is 66.2 cm³/mol. The summed E-state index contributed by atoms with van der Waals surface area (Å²) in [7, 11) is 0. The highest BCUT2D eigenvalue weighted by molar-refractivity contribution is 5.76. The number of nitriles is 1. The van der Waals surface area contributed by atoms with Crippen molar-refractivity contribution >= 4 is 5.57 Å². The molecule has 0 saturated carbocycles. The summed E-state index contributed by atoms with van der Waals surface area (Å²) in [5.74, 6) is 0.307. The fourth-order valence-corrected chi connectivity index (χ4v) is 1.59. The van der Waals surface area contributed by atoms with Gasteiger partial charge in [-0.2, -0.15) is 5.26 Å². The largest absolute Gasteiger partial charge is 0.507 e. The summed E-state index contributed by atoms with van der Waals surface area (Å²) in [4.78, 5) is 0. The third kappa shape index (κ3) is 2.25. The maximum Gasteiger partial charge on any atom is 0.122 e. The molecule has 0 bridgehead atoms. The minimum atomic E-state index is -0.152. The van der Waals surface area contributed by atoms with Crippen LogP contribution in [0.5, 0.6) is 5.75 Å². The summed E-state index contributed by atoms with van der Waals surface area (Å²) in [6, 6.07) is 5.66. The molecule has 0 radical (unpaired) electrons. The molecular formula is C14H17NO. The van der Waals surface area contributed by atoms with Crippen LogP contribution in [-0.4, -0.2) is 5.11 Å². The summed E-state index contributed by atoms with van der Waals surface area (Å²) >= 11 is 0. The second kappa shape index (κ2) is 4.02. The number of nitrogens with zero attached hydrogens (tertiary/aromatic N) is 1. The molecule has 1 rings (SSSR count). The number of benzene rings is 1. The first kappa shape index (κ1) is 12.3. The highest BCUT2D eigenvalue weighted by Crippen LogP contribution is 2.35. The summed E-state index contributed by atoms with van der Waals surface area (Å²) in [6.07, 6.45) is 0. The number of allylic oxidation sites excluding steroid dienone is 1. The highest BCUT2D eigenvalue weighted by Gasteiger charge is 2.20. The van der Waals surface area contributed by atoms with E-state index in [0.29, 0.717) is 11.3 Å². The van der Waals surface area contributed by atoms with Crippen LogP contribution in [0.25, 0.3) is 5.57 Å². The van der Waals surface area contributed by atoms with E-state index in [1.807, 2.05) is 39.8 Å². The second-order valence-electron chi connectivity index (χ2n) is 5.03. The van der Waals surface area contributed by atoms with Crippen molar-refractivity contribution in [1.82, 2.24) is 0 Å². The number of hydrogen-bond donors (Lipinski definition) is 1. The van der Waals surface area contributed by atoms with Crippen LogP contribution < -0.4 is 0 Å². The average molecular weight is 215 g/mol. The Morgan fingerprint density at radius 3 is 2.38 bits per heavy atom. The van der Waals surface area contributed by atoms with E-state index in [1.54, 1.807) is 6.07 Å². The Labute approximate surface area is 96.8 Å². The number of hydrogen-bond acceptors (Lipinski definition) is 2. The van der Waals surface area contributed by atoms with E-state index in [2.05, 4.69) is 6.58 Å². The van der Waals surface area contributed by atoms with Crippen LogP contribution in [0.15, 0.2) is 18.7 Å². The van der Waals surface area contributed by atoms with E-state index in [0.717, 1.165) is 16.7 Å². The molecule has 2 nitrogen and oxygen atoms in total. The quantitative estimate of drug-likeness (QED) is 0.728. The van der Waals surface area contributed by atoms with E-state index in [1.165, 1.54) is 0 Å². The maximum atomic E-state index is 10.00. The van der Waals surface area contributed by atoms with Gasteiger partial charge in [0.05, 0.1) is 11.6 Å². The molecule has 0 unspecified atom stereocenters. The van der Waals surface area contributed by atoms with Crippen molar-refractivity contribution in [2.45, 2.75) is 33.1 Å². The molecule has 0 aliphatic carbocycles. The van der Waals surface area contributed by atoms with Crippen molar-refractivity contribution in [3.05, 3.63) is 35.4 Å². The minimum absolute atomic E-state index is 0.152. The number of phenolic OH excluding ortho intramolecular Hbond substituents is 1. The number of phenols is 1. The predicted octanol–water partition coefficient (Wildman–Crippen LogP) is 3.53. The molecule has 84 valence electrons. The van der Waals surface area contributed by atoms with E-state index in [4.69, 9.17) is 5.26 Å². The summed E-state index contributed by atoms with van der Waals surface area (Å²) in [5, 5.41) is 18.8. The molecule has 2 heteroatoms. The zero-order valence-corrected chi connectivity index (χ0v) is 10.3. The monoisotopic (exact) mass is 215 g/mol. The van der Waals surface area contributed by atoms with Gasteiger partial charge >= 0.3 is 0 Å². The third-order valence-electron chi connectivity index (χ3n) is 2.59. The Kier molecular flexibility index (Phi) is 3.09. The Bertz CT molecular complexity index is 473. The summed E-state index contributed by atoms with van der Waals surface area (Å²) < 4.78 is 0. The van der Waals surface area contributed by atoms with Gasteiger partial charge in [-0.15, -0.1) is 0 Å². The lowest BCUT2D eigenvalue weighted by atomic mass is 9.83. The molecule has 0 heterocycles. The van der Waals surface area contributed by atoms with E-state index < -0.39 is 0 Å². The van der Waals surface area contributed by atoms with Crippen molar-refractivity contribution in [3.63, 3.8) is 0 Å². The Hall–Kier alpha value is -1.75. The van der Waals surface area contributed by atoms with Gasteiger partial charge in [0.15, 0.2) is 0 Å². The second-order valence-corrected chi connectivity index (χ2v) is 5.03. The molecule has 0 atom stereocenters.